The van der Waals surface area contributed by atoms with Gasteiger partial charge in [0.15, 0.2) is 0 Å². The zero-order valence-electron chi connectivity index (χ0n) is 9.98. The number of carbonyl (C=O) groups excluding carboxylic acids is 1. The maximum atomic E-state index is 11.7. The van der Waals surface area contributed by atoms with Crippen molar-refractivity contribution in [2.24, 2.45) is 0 Å². The minimum atomic E-state index is -0.830. The van der Waals surface area contributed by atoms with Crippen LogP contribution in [0.5, 0.6) is 0 Å². The maximum absolute atomic E-state index is 11.7. The molecule has 5 heteroatoms. The Labute approximate surface area is 96.1 Å². The van der Waals surface area contributed by atoms with Crippen LogP contribution in [0.15, 0.2) is 0 Å². The van der Waals surface area contributed by atoms with Crippen molar-refractivity contribution in [2.45, 2.75) is 45.6 Å². The molecule has 16 heavy (non-hydrogen) atoms. The second-order valence-electron chi connectivity index (χ2n) is 4.01. The zero-order valence-corrected chi connectivity index (χ0v) is 9.98. The van der Waals surface area contributed by atoms with Crippen molar-refractivity contribution in [3.63, 3.8) is 0 Å². The molecule has 0 aliphatic heterocycles. The number of hydrogen-bond donors (Lipinski definition) is 2. The highest BCUT2D eigenvalue weighted by molar-refractivity contribution is 5.76. The van der Waals surface area contributed by atoms with E-state index >= 15 is 0 Å². The van der Waals surface area contributed by atoms with Crippen molar-refractivity contribution >= 4 is 11.9 Å². The third kappa shape index (κ3) is 6.40. The van der Waals surface area contributed by atoms with Gasteiger partial charge in [-0.1, -0.05) is 0 Å². The van der Waals surface area contributed by atoms with E-state index in [-0.39, 0.29) is 25.0 Å². The third-order valence-corrected chi connectivity index (χ3v) is 2.32. The van der Waals surface area contributed by atoms with Crippen molar-refractivity contribution < 1.29 is 19.8 Å². The average molecular weight is 231 g/mol. The van der Waals surface area contributed by atoms with E-state index in [9.17, 15) is 9.59 Å². The molecule has 0 aromatic carbocycles. The molecule has 0 bridgehead atoms. The molecule has 1 amide bonds. The molecule has 0 radical (unpaired) electrons. The van der Waals surface area contributed by atoms with Crippen LogP contribution in [0.1, 0.15) is 39.5 Å². The zero-order chi connectivity index (χ0) is 12.6. The molecule has 94 valence electrons. The summed E-state index contributed by atoms with van der Waals surface area (Å²) in [7, 11) is 0. The molecular formula is C11H21NO4. The average Bonchev–Trinajstić information content (AvgIpc) is 2.19. The van der Waals surface area contributed by atoms with Gasteiger partial charge in [-0.2, -0.15) is 0 Å². The lowest BCUT2D eigenvalue weighted by atomic mass is 10.1. The van der Waals surface area contributed by atoms with Gasteiger partial charge in [-0.05, 0) is 26.7 Å². The Morgan fingerprint density at radius 1 is 1.19 bits per heavy atom. The van der Waals surface area contributed by atoms with E-state index in [0.717, 1.165) is 0 Å². The molecule has 0 heterocycles. The van der Waals surface area contributed by atoms with Gasteiger partial charge in [-0.25, -0.2) is 0 Å². The molecule has 0 rings (SSSR count). The molecule has 0 aromatic heterocycles. The fraction of sp³-hybridized carbons (Fsp3) is 0.818. The number of carboxylic acids is 1. The monoisotopic (exact) mass is 231 g/mol. The summed E-state index contributed by atoms with van der Waals surface area (Å²) in [6.45, 7) is 4.09. The molecule has 0 fully saturated rings. The molecule has 5 nitrogen and oxygen atoms in total. The van der Waals surface area contributed by atoms with Crippen molar-refractivity contribution in [3.8, 4) is 0 Å². The van der Waals surface area contributed by atoms with Crippen LogP contribution in [-0.2, 0) is 9.59 Å². The topological polar surface area (TPSA) is 77.8 Å². The summed E-state index contributed by atoms with van der Waals surface area (Å²) in [5, 5.41) is 17.2. The van der Waals surface area contributed by atoms with E-state index in [1.54, 1.807) is 4.90 Å². The Morgan fingerprint density at radius 2 is 1.75 bits per heavy atom. The van der Waals surface area contributed by atoms with E-state index in [4.69, 9.17) is 10.2 Å². The number of nitrogens with zero attached hydrogens (tertiary/aromatic N) is 1. The van der Waals surface area contributed by atoms with Crippen molar-refractivity contribution in [1.29, 1.82) is 0 Å². The van der Waals surface area contributed by atoms with Gasteiger partial charge in [-0.15, -0.1) is 0 Å². The molecule has 0 spiro atoms. The Balaban J connectivity index is 3.87. The summed E-state index contributed by atoms with van der Waals surface area (Å²) >= 11 is 0. The minimum Gasteiger partial charge on any atom is -0.481 e. The van der Waals surface area contributed by atoms with Crippen molar-refractivity contribution in [2.75, 3.05) is 13.2 Å². The van der Waals surface area contributed by atoms with Gasteiger partial charge in [0.2, 0.25) is 5.91 Å². The SMILES string of the molecule is CC(C)N(CCO)C(=O)CCCCC(=O)O. The molecule has 0 saturated carbocycles. The normalized spacial score (nSPS) is 10.5. The van der Waals surface area contributed by atoms with Crippen LogP contribution < -0.4 is 0 Å². The van der Waals surface area contributed by atoms with Crippen LogP contribution in [0.2, 0.25) is 0 Å². The molecule has 0 aromatic rings. The van der Waals surface area contributed by atoms with Crippen LogP contribution in [0.4, 0.5) is 0 Å². The lowest BCUT2D eigenvalue weighted by Gasteiger charge is -2.25. The van der Waals surface area contributed by atoms with Crippen LogP contribution in [0, 0.1) is 0 Å². The largest absolute Gasteiger partial charge is 0.481 e. The van der Waals surface area contributed by atoms with Gasteiger partial charge < -0.3 is 15.1 Å². The standard InChI is InChI=1S/C11H21NO4/c1-9(2)12(7-8-13)10(14)5-3-4-6-11(15)16/h9,13H,3-8H2,1-2H3,(H,15,16). The van der Waals surface area contributed by atoms with E-state index in [1.165, 1.54) is 0 Å². The second-order valence-corrected chi connectivity index (χ2v) is 4.01. The first-order valence-corrected chi connectivity index (χ1v) is 5.61. The number of aliphatic hydroxyl groups excluding tert-OH is 1. The molecule has 2 N–H and O–H groups in total. The van der Waals surface area contributed by atoms with Gasteiger partial charge in [-0.3, -0.25) is 9.59 Å². The second kappa shape index (κ2) is 8.10. The first kappa shape index (κ1) is 14.9. The van der Waals surface area contributed by atoms with Crippen LogP contribution in [0.25, 0.3) is 0 Å². The molecule has 0 unspecified atom stereocenters. The molecule has 0 aliphatic carbocycles. The number of carbonyl (C=O) groups is 2. The number of amides is 1. The van der Waals surface area contributed by atoms with Crippen LogP contribution >= 0.6 is 0 Å². The molecular weight excluding hydrogens is 210 g/mol. The number of rotatable bonds is 8. The summed E-state index contributed by atoms with van der Waals surface area (Å²) < 4.78 is 0. The summed E-state index contributed by atoms with van der Waals surface area (Å²) in [6, 6.07) is 0.0686. The lowest BCUT2D eigenvalue weighted by Crippen LogP contribution is -2.38. The predicted octanol–water partition coefficient (Wildman–Crippen LogP) is 0.861. The Kier molecular flexibility index (Phi) is 7.54. The van der Waals surface area contributed by atoms with E-state index < -0.39 is 5.97 Å². The van der Waals surface area contributed by atoms with Gasteiger partial charge in [0.25, 0.3) is 0 Å². The van der Waals surface area contributed by atoms with E-state index in [2.05, 4.69) is 0 Å². The van der Waals surface area contributed by atoms with Gasteiger partial charge in [0.05, 0.1) is 6.61 Å². The number of hydrogen-bond acceptors (Lipinski definition) is 3. The highest BCUT2D eigenvalue weighted by Gasteiger charge is 2.15. The van der Waals surface area contributed by atoms with Gasteiger partial charge >= 0.3 is 5.97 Å². The van der Waals surface area contributed by atoms with Crippen LogP contribution in [-0.4, -0.2) is 46.2 Å². The molecule has 0 aliphatic rings. The number of unbranched alkanes of at least 4 members (excludes halogenated alkanes) is 1. The quantitative estimate of drug-likeness (QED) is 0.607. The Morgan fingerprint density at radius 3 is 2.19 bits per heavy atom. The maximum Gasteiger partial charge on any atom is 0.303 e. The highest BCUT2D eigenvalue weighted by atomic mass is 16.4. The minimum absolute atomic E-state index is 0.0190. The smallest absolute Gasteiger partial charge is 0.303 e. The highest BCUT2D eigenvalue weighted by Crippen LogP contribution is 2.06. The molecule has 0 saturated heterocycles. The van der Waals surface area contributed by atoms with E-state index in [0.29, 0.717) is 25.8 Å². The summed E-state index contributed by atoms with van der Waals surface area (Å²) in [6.07, 6.45) is 1.56. The lowest BCUT2D eigenvalue weighted by molar-refractivity contribution is -0.138. The summed E-state index contributed by atoms with van der Waals surface area (Å²) in [5.74, 6) is -0.849. The fourth-order valence-corrected chi connectivity index (χ4v) is 1.47. The number of aliphatic carboxylic acids is 1. The number of carboxylic acid groups (broad SMARTS) is 1. The first-order chi connectivity index (χ1) is 7.49. The summed E-state index contributed by atoms with van der Waals surface area (Å²) in [5.41, 5.74) is 0. The number of aliphatic hydroxyl groups is 1. The predicted molar refractivity (Wildman–Crippen MR) is 60.0 cm³/mol. The third-order valence-electron chi connectivity index (χ3n) is 2.32. The van der Waals surface area contributed by atoms with E-state index in [1.807, 2.05) is 13.8 Å². The fourth-order valence-electron chi connectivity index (χ4n) is 1.47. The Bertz CT molecular complexity index is 228. The summed E-state index contributed by atoms with van der Waals surface area (Å²) in [4.78, 5) is 23.6. The van der Waals surface area contributed by atoms with Gasteiger partial charge in [0.1, 0.15) is 0 Å². The van der Waals surface area contributed by atoms with Crippen molar-refractivity contribution in [3.05, 3.63) is 0 Å². The molecule has 0 atom stereocenters. The van der Waals surface area contributed by atoms with Gasteiger partial charge in [0, 0.05) is 25.4 Å². The van der Waals surface area contributed by atoms with Crippen LogP contribution in [0.3, 0.4) is 0 Å². The Hall–Kier alpha value is -1.10. The van der Waals surface area contributed by atoms with Crippen molar-refractivity contribution in [1.82, 2.24) is 4.90 Å². The first-order valence-electron chi connectivity index (χ1n) is 5.61.